The number of nitrogens with one attached hydrogen (secondary N) is 3. The zero-order chi connectivity index (χ0) is 41.4. The number of piperidine rings is 1. The molecule has 5 aliphatic rings. The molecule has 2 atom stereocenters. The van der Waals surface area contributed by atoms with Gasteiger partial charge in [0.25, 0.3) is 15.9 Å². The third kappa shape index (κ3) is 9.05. The first-order chi connectivity index (χ1) is 29.1. The highest BCUT2D eigenvalue weighted by atomic mass is 35.5. The Labute approximate surface area is 355 Å². The van der Waals surface area contributed by atoms with Gasteiger partial charge in [-0.05, 0) is 86.9 Å². The van der Waals surface area contributed by atoms with Crippen LogP contribution in [0.1, 0.15) is 48.9 Å². The summed E-state index contributed by atoms with van der Waals surface area (Å²) in [5, 5.41) is 5.07. The van der Waals surface area contributed by atoms with E-state index in [1.54, 1.807) is 30.6 Å². The number of pyridine rings is 1. The van der Waals surface area contributed by atoms with Crippen LogP contribution in [0.2, 0.25) is 0 Å². The maximum absolute atomic E-state index is 13.9. The summed E-state index contributed by atoms with van der Waals surface area (Å²) in [7, 11) is -4.27. The summed E-state index contributed by atoms with van der Waals surface area (Å²) >= 11 is 6.41. The Balaban J connectivity index is 0.898. The normalized spacial score (nSPS) is 21.6. The Hall–Kier alpha value is -4.93. The predicted molar refractivity (Wildman–Crippen MR) is 230 cm³/mol. The topological polar surface area (TPSA) is 177 Å². The van der Waals surface area contributed by atoms with Crippen molar-refractivity contribution in [2.45, 2.75) is 49.5 Å². The maximum atomic E-state index is 13.9. The Morgan fingerprint density at radius 1 is 0.983 bits per heavy atom. The summed E-state index contributed by atoms with van der Waals surface area (Å²) in [6, 6.07) is 13.7. The van der Waals surface area contributed by atoms with E-state index in [1.165, 1.54) is 17.7 Å². The van der Waals surface area contributed by atoms with Crippen LogP contribution in [0.5, 0.6) is 11.5 Å². The molecule has 1 saturated carbocycles. The summed E-state index contributed by atoms with van der Waals surface area (Å²) in [6.07, 6.45) is 13.1. The van der Waals surface area contributed by atoms with E-state index < -0.39 is 15.9 Å². The van der Waals surface area contributed by atoms with Crippen molar-refractivity contribution in [2.75, 3.05) is 69.2 Å². The molecule has 0 spiro atoms. The molecule has 3 saturated heterocycles. The van der Waals surface area contributed by atoms with Crippen LogP contribution in [0.25, 0.3) is 11.0 Å². The Morgan fingerprint density at radius 3 is 2.58 bits per heavy atom. The van der Waals surface area contributed by atoms with Gasteiger partial charge in [0.2, 0.25) is 5.91 Å². The van der Waals surface area contributed by atoms with Crippen molar-refractivity contribution < 1.29 is 33.2 Å². The zero-order valence-electron chi connectivity index (χ0n) is 33.6. The second kappa shape index (κ2) is 17.2. The molecule has 60 heavy (non-hydrogen) atoms. The lowest BCUT2D eigenvalue weighted by atomic mass is 9.82. The standard InChI is InChI=1S/C44H51ClN8O6S/c45-33-4-3-30-20-35(53(26-32(30)19-33)44(55)29-1-2-29)27-51-13-15-52(16-14-51)34-5-7-38(41(22-34)59-36-21-31-9-12-47-42(31)49-25-36)43(54)50-60(56,57)37-6-8-40(39(46)23-37)48-24-28-10-17-58-18-11-28/h3-9,12,21-23,25,28-29,32,35,48H,1-2,10-11,13-20,24,26-27,46H2,(H,47,49)(H,50,54)/p+1. The van der Waals surface area contributed by atoms with E-state index in [4.69, 9.17) is 21.1 Å². The minimum Gasteiger partial charge on any atom is -0.455 e. The lowest BCUT2D eigenvalue weighted by molar-refractivity contribution is -0.253. The molecule has 316 valence electrons. The van der Waals surface area contributed by atoms with Gasteiger partial charge in [0.1, 0.15) is 17.1 Å². The number of sulfonamides is 1. The highest BCUT2D eigenvalue weighted by Crippen LogP contribution is 2.40. The Kier molecular flexibility index (Phi) is 11.6. The van der Waals surface area contributed by atoms with Gasteiger partial charge in [0.15, 0.2) is 5.69 Å². The van der Waals surface area contributed by atoms with Gasteiger partial charge in [0, 0.05) is 111 Å². The number of H-pyrrole nitrogens is 1. The first kappa shape index (κ1) is 40.5. The number of aromatic nitrogens is 2. The zero-order valence-corrected chi connectivity index (χ0v) is 35.1. The molecular formula is C44H52ClN8O6S+. The van der Waals surface area contributed by atoms with Crippen LogP contribution in [0.4, 0.5) is 17.1 Å². The SMILES string of the molecule is [NH3+]c1cc(S(=O)(=O)NC(=O)c2ccc(N3CCN(CC4CC5=CC=C(Cl)CC5CN4C(=O)C4CC4)CC3)cc2Oc2cnc3[nH]ccc3c2)ccc1NCC1CCOCC1. The third-order valence-corrected chi connectivity index (χ3v) is 14.1. The number of rotatable bonds is 12. The molecule has 4 fully saturated rings. The van der Waals surface area contributed by atoms with Crippen LogP contribution in [-0.2, 0) is 19.6 Å². The van der Waals surface area contributed by atoms with Gasteiger partial charge in [0.05, 0.1) is 22.3 Å². The number of nitrogens with zero attached hydrogens (tertiary/aromatic N) is 4. The van der Waals surface area contributed by atoms with E-state index in [-0.39, 0.29) is 34.1 Å². The summed E-state index contributed by atoms with van der Waals surface area (Å²) < 4.78 is 41.4. The monoisotopic (exact) mass is 855 g/mol. The number of likely N-dealkylation sites (tertiary alicyclic amines) is 1. The number of hydrogen-bond acceptors (Lipinski definition) is 10. The molecule has 9 rings (SSSR count). The van der Waals surface area contributed by atoms with E-state index in [0.717, 1.165) is 119 Å². The number of allylic oxidation sites excluding steroid dienone is 3. The first-order valence-electron chi connectivity index (χ1n) is 21.0. The smallest absolute Gasteiger partial charge is 0.268 e. The van der Waals surface area contributed by atoms with Gasteiger partial charge in [-0.2, -0.15) is 0 Å². The fraction of sp³-hybridized carbons (Fsp3) is 0.432. The van der Waals surface area contributed by atoms with Gasteiger partial charge in [-0.25, -0.2) is 18.1 Å². The third-order valence-electron chi connectivity index (χ3n) is 12.5. The molecule has 2 unspecified atom stereocenters. The molecule has 3 aliphatic heterocycles. The van der Waals surface area contributed by atoms with E-state index in [2.05, 4.69) is 46.5 Å². The second-order valence-electron chi connectivity index (χ2n) is 16.7. The number of aromatic amines is 1. The van der Waals surface area contributed by atoms with Crippen LogP contribution < -0.4 is 25.4 Å². The second-order valence-corrected chi connectivity index (χ2v) is 18.9. The van der Waals surface area contributed by atoms with Gasteiger partial charge in [-0.15, -0.1) is 0 Å². The van der Waals surface area contributed by atoms with Crippen LogP contribution in [0, 0.1) is 17.8 Å². The van der Waals surface area contributed by atoms with Gasteiger partial charge >= 0.3 is 0 Å². The lowest BCUT2D eigenvalue weighted by Gasteiger charge is -2.45. The van der Waals surface area contributed by atoms with Crippen LogP contribution >= 0.6 is 11.6 Å². The molecule has 0 bridgehead atoms. The largest absolute Gasteiger partial charge is 0.455 e. The van der Waals surface area contributed by atoms with Gasteiger partial charge in [-0.1, -0.05) is 23.3 Å². The number of hydrogen-bond donors (Lipinski definition) is 4. The molecular weight excluding hydrogens is 804 g/mol. The molecule has 5 heterocycles. The number of fused-ring (bicyclic) bond motifs is 2. The van der Waals surface area contributed by atoms with Gasteiger partial charge < -0.3 is 35.3 Å². The fourth-order valence-corrected chi connectivity index (χ4v) is 10.1. The number of carbonyl (C=O) groups is 2. The summed E-state index contributed by atoms with van der Waals surface area (Å²) in [5.41, 5.74) is 8.31. The number of piperazine rings is 1. The fourth-order valence-electron chi connectivity index (χ4n) is 8.87. The average molecular weight is 856 g/mol. The minimum absolute atomic E-state index is 0.0592. The molecule has 4 aromatic rings. The van der Waals surface area contributed by atoms with Crippen LogP contribution in [0.15, 0.2) is 88.6 Å². The lowest BCUT2D eigenvalue weighted by Crippen LogP contribution is -2.56. The molecule has 6 N–H and O–H groups in total. The van der Waals surface area contributed by atoms with E-state index in [1.807, 2.05) is 24.3 Å². The minimum atomic E-state index is -4.27. The van der Waals surface area contributed by atoms with Crippen molar-refractivity contribution in [3.8, 4) is 11.5 Å². The van der Waals surface area contributed by atoms with Crippen molar-refractivity contribution in [1.82, 2.24) is 24.5 Å². The van der Waals surface area contributed by atoms with E-state index in [9.17, 15) is 18.0 Å². The van der Waals surface area contributed by atoms with Gasteiger partial charge in [-0.3, -0.25) is 14.5 Å². The summed E-state index contributed by atoms with van der Waals surface area (Å²) in [4.78, 5) is 41.7. The predicted octanol–water partition coefficient (Wildman–Crippen LogP) is 5.39. The van der Waals surface area contributed by atoms with Crippen molar-refractivity contribution in [1.29, 1.82) is 0 Å². The number of amides is 2. The maximum Gasteiger partial charge on any atom is 0.268 e. The Bertz CT molecular complexity index is 2440. The van der Waals surface area contributed by atoms with Crippen molar-refractivity contribution in [3.63, 3.8) is 0 Å². The quantitative estimate of drug-likeness (QED) is 0.145. The number of quaternary nitrogens is 1. The van der Waals surface area contributed by atoms with E-state index in [0.29, 0.717) is 28.9 Å². The highest BCUT2D eigenvalue weighted by molar-refractivity contribution is 7.90. The van der Waals surface area contributed by atoms with Crippen LogP contribution in [-0.4, -0.2) is 105 Å². The molecule has 2 aromatic carbocycles. The van der Waals surface area contributed by atoms with Crippen molar-refractivity contribution in [3.05, 3.63) is 89.2 Å². The molecule has 2 aromatic heterocycles. The van der Waals surface area contributed by atoms with Crippen molar-refractivity contribution in [2.24, 2.45) is 17.8 Å². The van der Waals surface area contributed by atoms with E-state index >= 15 is 0 Å². The number of benzene rings is 2. The number of halogens is 1. The molecule has 0 radical (unpaired) electrons. The number of anilines is 2. The average Bonchev–Trinajstić information content (AvgIpc) is 4.00. The molecule has 2 amide bonds. The molecule has 16 heteroatoms. The van der Waals surface area contributed by atoms with Crippen molar-refractivity contribution >= 4 is 61.5 Å². The first-order valence-corrected chi connectivity index (χ1v) is 22.8. The summed E-state index contributed by atoms with van der Waals surface area (Å²) in [5.74, 6) is 0.993. The highest BCUT2D eigenvalue weighted by Gasteiger charge is 2.42. The molecule has 14 nitrogen and oxygen atoms in total. The Morgan fingerprint density at radius 2 is 1.80 bits per heavy atom. The molecule has 2 aliphatic carbocycles. The summed E-state index contributed by atoms with van der Waals surface area (Å²) in [6.45, 7) is 6.77. The number of carbonyl (C=O) groups excluding carboxylic acids is 2. The van der Waals surface area contributed by atoms with Crippen LogP contribution in [0.3, 0.4) is 0 Å². The number of ether oxygens (including phenoxy) is 2.